The Morgan fingerprint density at radius 1 is 1.25 bits per heavy atom. The Hall–Kier alpha value is -1.23. The molecule has 104 valence electrons. The number of rotatable bonds is 2. The van der Waals surface area contributed by atoms with Gasteiger partial charge in [-0.05, 0) is 42.8 Å². The van der Waals surface area contributed by atoms with E-state index in [1.807, 2.05) is 0 Å². The Morgan fingerprint density at radius 3 is 2.65 bits per heavy atom. The summed E-state index contributed by atoms with van der Waals surface area (Å²) in [6.45, 7) is 1.79. The van der Waals surface area contributed by atoms with Crippen LogP contribution < -0.4 is 11.1 Å². The summed E-state index contributed by atoms with van der Waals surface area (Å²) in [6, 6.07) is 8.33. The molecule has 0 saturated heterocycles. The van der Waals surface area contributed by atoms with E-state index in [0.29, 0.717) is 32.5 Å². The van der Waals surface area contributed by atoms with Crippen molar-refractivity contribution in [2.45, 2.75) is 6.92 Å². The van der Waals surface area contributed by atoms with E-state index in [-0.39, 0.29) is 5.91 Å². The number of anilines is 2. The lowest BCUT2D eigenvalue weighted by atomic mass is 10.1. The highest BCUT2D eigenvalue weighted by Gasteiger charge is 2.14. The monoisotopic (exact) mass is 372 g/mol. The maximum atomic E-state index is 12.3. The number of nitrogens with one attached hydrogen (secondary N) is 1. The van der Waals surface area contributed by atoms with Crippen LogP contribution in [0.1, 0.15) is 15.9 Å². The molecule has 0 aliphatic rings. The fourth-order valence-corrected chi connectivity index (χ4v) is 2.53. The van der Waals surface area contributed by atoms with Gasteiger partial charge in [-0.3, -0.25) is 4.79 Å². The van der Waals surface area contributed by atoms with Crippen LogP contribution in [-0.2, 0) is 0 Å². The van der Waals surface area contributed by atoms with Crippen LogP contribution in [0.25, 0.3) is 0 Å². The highest BCUT2D eigenvalue weighted by atomic mass is 79.9. The highest BCUT2D eigenvalue weighted by Crippen LogP contribution is 2.28. The molecule has 2 aromatic rings. The fraction of sp³-hybridized carbons (Fsp3) is 0.0714. The van der Waals surface area contributed by atoms with Crippen LogP contribution in [0.5, 0.6) is 0 Å². The number of halogens is 3. The second-order valence-electron chi connectivity index (χ2n) is 4.25. The van der Waals surface area contributed by atoms with E-state index >= 15 is 0 Å². The van der Waals surface area contributed by atoms with Crippen LogP contribution in [0.3, 0.4) is 0 Å². The molecule has 0 fully saturated rings. The number of carbonyl (C=O) groups excluding carboxylic acids is 1. The van der Waals surface area contributed by atoms with Gasteiger partial charge in [0, 0.05) is 20.7 Å². The van der Waals surface area contributed by atoms with Crippen LogP contribution >= 0.6 is 39.1 Å². The van der Waals surface area contributed by atoms with Crippen molar-refractivity contribution in [3.63, 3.8) is 0 Å². The van der Waals surface area contributed by atoms with E-state index in [0.717, 1.165) is 4.47 Å². The Balaban J connectivity index is 2.35. The number of hydrogen-bond acceptors (Lipinski definition) is 2. The summed E-state index contributed by atoms with van der Waals surface area (Å²) in [4.78, 5) is 12.3. The van der Waals surface area contributed by atoms with Gasteiger partial charge in [0.25, 0.3) is 5.91 Å². The van der Waals surface area contributed by atoms with Crippen LogP contribution in [0, 0.1) is 6.92 Å². The zero-order valence-corrected chi connectivity index (χ0v) is 13.6. The number of nitrogen functional groups attached to an aromatic ring is 1. The predicted octanol–water partition coefficient (Wildman–Crippen LogP) is 4.90. The molecule has 2 aromatic carbocycles. The summed E-state index contributed by atoms with van der Waals surface area (Å²) in [6.07, 6.45) is 0. The molecule has 0 heterocycles. The summed E-state index contributed by atoms with van der Waals surface area (Å²) in [5.74, 6) is -0.292. The Kier molecular flexibility index (Phi) is 4.58. The molecule has 0 radical (unpaired) electrons. The van der Waals surface area contributed by atoms with Crippen molar-refractivity contribution in [3.05, 3.63) is 56.0 Å². The third-order valence-corrected chi connectivity index (χ3v) is 3.86. The zero-order valence-electron chi connectivity index (χ0n) is 10.5. The third kappa shape index (κ3) is 3.26. The number of hydrogen-bond donors (Lipinski definition) is 2. The summed E-state index contributed by atoms with van der Waals surface area (Å²) in [5.41, 5.74) is 8.04. The molecule has 0 bridgehead atoms. The zero-order chi connectivity index (χ0) is 14.9. The molecule has 0 spiro atoms. The van der Waals surface area contributed by atoms with Gasteiger partial charge < -0.3 is 11.1 Å². The molecule has 0 unspecified atom stereocenters. The number of benzene rings is 2. The maximum absolute atomic E-state index is 12.3. The fourth-order valence-electron chi connectivity index (χ4n) is 1.72. The summed E-state index contributed by atoms with van der Waals surface area (Å²) >= 11 is 15.2. The summed E-state index contributed by atoms with van der Waals surface area (Å²) in [7, 11) is 0. The second kappa shape index (κ2) is 6.04. The third-order valence-electron chi connectivity index (χ3n) is 2.83. The summed E-state index contributed by atoms with van der Waals surface area (Å²) < 4.78 is 0.739. The van der Waals surface area contributed by atoms with Crippen LogP contribution in [-0.4, -0.2) is 5.91 Å². The topological polar surface area (TPSA) is 55.1 Å². The van der Waals surface area contributed by atoms with Crippen molar-refractivity contribution in [1.82, 2.24) is 0 Å². The molecule has 3 nitrogen and oxygen atoms in total. The van der Waals surface area contributed by atoms with Gasteiger partial charge >= 0.3 is 0 Å². The average molecular weight is 374 g/mol. The molecule has 1 amide bonds. The predicted molar refractivity (Wildman–Crippen MR) is 87.7 cm³/mol. The average Bonchev–Trinajstić information content (AvgIpc) is 2.38. The van der Waals surface area contributed by atoms with Crippen molar-refractivity contribution in [3.8, 4) is 0 Å². The minimum absolute atomic E-state index is 0.292. The van der Waals surface area contributed by atoms with Gasteiger partial charge in [0.2, 0.25) is 0 Å². The first-order chi connectivity index (χ1) is 9.38. The van der Waals surface area contributed by atoms with E-state index in [4.69, 9.17) is 28.9 Å². The maximum Gasteiger partial charge on any atom is 0.256 e. The highest BCUT2D eigenvalue weighted by molar-refractivity contribution is 9.10. The van der Waals surface area contributed by atoms with E-state index in [2.05, 4.69) is 21.2 Å². The largest absolute Gasteiger partial charge is 0.398 e. The Morgan fingerprint density at radius 2 is 1.95 bits per heavy atom. The normalized spacial score (nSPS) is 10.4. The molecule has 0 aromatic heterocycles. The molecular formula is C14H11BrCl2N2O. The van der Waals surface area contributed by atoms with Crippen LogP contribution in [0.15, 0.2) is 34.8 Å². The molecule has 2 rings (SSSR count). The first-order valence-corrected chi connectivity index (χ1v) is 7.25. The van der Waals surface area contributed by atoms with Gasteiger partial charge in [0.1, 0.15) is 0 Å². The van der Waals surface area contributed by atoms with E-state index in [1.54, 1.807) is 37.3 Å². The lowest BCUT2D eigenvalue weighted by Gasteiger charge is -2.11. The van der Waals surface area contributed by atoms with Crippen molar-refractivity contribution >= 4 is 56.4 Å². The molecule has 0 aliphatic heterocycles. The Labute approximate surface area is 135 Å². The number of amides is 1. The van der Waals surface area contributed by atoms with Crippen LogP contribution in [0.4, 0.5) is 11.4 Å². The van der Waals surface area contributed by atoms with Gasteiger partial charge in [-0.15, -0.1) is 0 Å². The first-order valence-electron chi connectivity index (χ1n) is 5.70. The van der Waals surface area contributed by atoms with Crippen LogP contribution in [0.2, 0.25) is 10.0 Å². The van der Waals surface area contributed by atoms with Gasteiger partial charge in [0.05, 0.1) is 10.7 Å². The lowest BCUT2D eigenvalue weighted by Crippen LogP contribution is -2.14. The number of nitrogens with two attached hydrogens (primary N) is 1. The van der Waals surface area contributed by atoms with E-state index in [9.17, 15) is 4.79 Å². The van der Waals surface area contributed by atoms with Gasteiger partial charge in [-0.1, -0.05) is 39.1 Å². The molecule has 0 atom stereocenters. The first kappa shape index (κ1) is 15.2. The van der Waals surface area contributed by atoms with E-state index < -0.39 is 0 Å². The van der Waals surface area contributed by atoms with Crippen molar-refractivity contribution < 1.29 is 4.79 Å². The van der Waals surface area contributed by atoms with Gasteiger partial charge in [-0.25, -0.2) is 0 Å². The standard InChI is InChI=1S/C14H11BrCl2N2O/c1-7-10(4-8(15)5-12(7)18)14(20)19-13-6-9(16)2-3-11(13)17/h2-6H,18H2,1H3,(H,19,20). The van der Waals surface area contributed by atoms with E-state index in [1.165, 1.54) is 0 Å². The van der Waals surface area contributed by atoms with Gasteiger partial charge in [-0.2, -0.15) is 0 Å². The van der Waals surface area contributed by atoms with Gasteiger partial charge in [0.15, 0.2) is 0 Å². The number of carbonyl (C=O) groups is 1. The molecule has 6 heteroatoms. The SMILES string of the molecule is Cc1c(N)cc(Br)cc1C(=O)Nc1cc(Cl)ccc1Cl. The lowest BCUT2D eigenvalue weighted by molar-refractivity contribution is 0.102. The minimum Gasteiger partial charge on any atom is -0.398 e. The quantitative estimate of drug-likeness (QED) is 0.735. The molecular weight excluding hydrogens is 363 g/mol. The molecule has 20 heavy (non-hydrogen) atoms. The van der Waals surface area contributed by atoms with Crippen molar-refractivity contribution in [1.29, 1.82) is 0 Å². The minimum atomic E-state index is -0.292. The second-order valence-corrected chi connectivity index (χ2v) is 6.01. The molecule has 0 saturated carbocycles. The molecule has 0 aliphatic carbocycles. The van der Waals surface area contributed by atoms with Crippen molar-refractivity contribution in [2.24, 2.45) is 0 Å². The summed E-state index contributed by atoms with van der Waals surface area (Å²) in [5, 5.41) is 3.65. The molecule has 3 N–H and O–H groups in total. The smallest absolute Gasteiger partial charge is 0.256 e. The Bertz CT molecular complexity index is 689. The van der Waals surface area contributed by atoms with Crippen molar-refractivity contribution in [2.75, 3.05) is 11.1 Å².